The molecule has 0 aliphatic carbocycles. The second-order valence-corrected chi connectivity index (χ2v) is 11.8. The molecule has 1 atom stereocenters. The van der Waals surface area contributed by atoms with Gasteiger partial charge in [-0.1, -0.05) is 74.8 Å². The van der Waals surface area contributed by atoms with Crippen molar-refractivity contribution in [3.8, 4) is 0 Å². The smallest absolute Gasteiger partial charge is 0.264 e. The molecular weight excluding hydrogens is 534 g/mol. The molecule has 9 heteroatoms. The molecule has 2 amide bonds. The standard InChI is InChI=1S/C30H36ClN3O4S/c1-5-28(30(36)32-6-2)33(20-23-12-16-25(31)17-13-23)29(35)21-34(26-18-14-24(15-19-26)22(3)4)39(37,38)27-10-8-7-9-11-27/h7-19,22,28H,5-6,20-21H2,1-4H3,(H,32,36). The molecule has 3 aromatic rings. The lowest BCUT2D eigenvalue weighted by Crippen LogP contribution is -2.52. The van der Waals surface area contributed by atoms with E-state index in [0.717, 1.165) is 15.4 Å². The van der Waals surface area contributed by atoms with Gasteiger partial charge in [0.15, 0.2) is 0 Å². The van der Waals surface area contributed by atoms with Crippen molar-refractivity contribution in [2.75, 3.05) is 17.4 Å². The lowest BCUT2D eigenvalue weighted by atomic mass is 10.0. The summed E-state index contributed by atoms with van der Waals surface area (Å²) in [4.78, 5) is 28.5. The van der Waals surface area contributed by atoms with E-state index in [9.17, 15) is 18.0 Å². The van der Waals surface area contributed by atoms with E-state index in [1.807, 2.05) is 26.0 Å². The highest BCUT2D eigenvalue weighted by Crippen LogP contribution is 2.27. The first kappa shape index (κ1) is 30.2. The Morgan fingerprint density at radius 1 is 0.897 bits per heavy atom. The summed E-state index contributed by atoms with van der Waals surface area (Å²) in [5, 5.41) is 3.35. The van der Waals surface area contributed by atoms with Crippen LogP contribution < -0.4 is 9.62 Å². The molecule has 0 spiro atoms. The van der Waals surface area contributed by atoms with Crippen LogP contribution in [0.4, 0.5) is 5.69 Å². The average Bonchev–Trinajstić information content (AvgIpc) is 2.93. The molecule has 3 rings (SSSR count). The number of benzene rings is 3. The molecule has 0 aromatic heterocycles. The molecule has 0 bridgehead atoms. The molecule has 0 aliphatic heterocycles. The van der Waals surface area contributed by atoms with E-state index in [1.165, 1.54) is 17.0 Å². The fourth-order valence-electron chi connectivity index (χ4n) is 4.27. The number of rotatable bonds is 12. The Labute approximate surface area is 236 Å². The zero-order valence-electron chi connectivity index (χ0n) is 22.8. The minimum atomic E-state index is -4.09. The highest BCUT2D eigenvalue weighted by molar-refractivity contribution is 7.92. The molecule has 208 valence electrons. The largest absolute Gasteiger partial charge is 0.355 e. The first-order chi connectivity index (χ1) is 18.6. The van der Waals surface area contributed by atoms with Gasteiger partial charge in [-0.3, -0.25) is 13.9 Å². The molecule has 0 radical (unpaired) electrons. The van der Waals surface area contributed by atoms with Crippen molar-refractivity contribution in [3.63, 3.8) is 0 Å². The summed E-state index contributed by atoms with van der Waals surface area (Å²) in [6, 6.07) is 21.4. The third kappa shape index (κ3) is 7.61. The number of anilines is 1. The first-order valence-corrected chi connectivity index (χ1v) is 14.9. The zero-order chi connectivity index (χ0) is 28.6. The van der Waals surface area contributed by atoms with E-state index in [2.05, 4.69) is 19.2 Å². The topological polar surface area (TPSA) is 86.8 Å². The van der Waals surface area contributed by atoms with E-state index in [4.69, 9.17) is 11.6 Å². The number of likely N-dealkylation sites (N-methyl/N-ethyl adjacent to an activating group) is 1. The molecule has 1 unspecified atom stereocenters. The number of nitrogens with zero attached hydrogens (tertiary/aromatic N) is 2. The van der Waals surface area contributed by atoms with Gasteiger partial charge in [-0.05, 0) is 66.8 Å². The van der Waals surface area contributed by atoms with Crippen molar-refractivity contribution in [2.24, 2.45) is 0 Å². The molecule has 39 heavy (non-hydrogen) atoms. The van der Waals surface area contributed by atoms with Crippen molar-refractivity contribution in [1.29, 1.82) is 0 Å². The van der Waals surface area contributed by atoms with Crippen LogP contribution in [0.25, 0.3) is 0 Å². The van der Waals surface area contributed by atoms with Gasteiger partial charge in [0, 0.05) is 18.1 Å². The number of carbonyl (C=O) groups excluding carboxylic acids is 2. The summed E-state index contributed by atoms with van der Waals surface area (Å²) in [5.41, 5.74) is 2.19. The monoisotopic (exact) mass is 569 g/mol. The number of nitrogens with one attached hydrogen (secondary N) is 1. The molecular formula is C30H36ClN3O4S. The fourth-order valence-corrected chi connectivity index (χ4v) is 5.83. The van der Waals surface area contributed by atoms with E-state index in [0.29, 0.717) is 23.7 Å². The minimum Gasteiger partial charge on any atom is -0.355 e. The number of halogens is 1. The van der Waals surface area contributed by atoms with Crippen LogP contribution in [-0.4, -0.2) is 44.3 Å². The van der Waals surface area contributed by atoms with Crippen molar-refractivity contribution in [2.45, 2.75) is 57.5 Å². The Morgan fingerprint density at radius 3 is 2.05 bits per heavy atom. The van der Waals surface area contributed by atoms with E-state index >= 15 is 0 Å². The Hall–Kier alpha value is -3.36. The molecule has 0 fully saturated rings. The SMILES string of the molecule is CCNC(=O)C(CC)N(Cc1ccc(Cl)cc1)C(=O)CN(c1ccc(C(C)C)cc1)S(=O)(=O)c1ccccc1. The van der Waals surface area contributed by atoms with Crippen LogP contribution in [0.3, 0.4) is 0 Å². The second-order valence-electron chi connectivity index (χ2n) is 9.54. The molecule has 1 N–H and O–H groups in total. The van der Waals surface area contributed by atoms with E-state index in [-0.39, 0.29) is 23.3 Å². The van der Waals surface area contributed by atoms with Crippen molar-refractivity contribution in [1.82, 2.24) is 10.2 Å². The predicted molar refractivity (Wildman–Crippen MR) is 156 cm³/mol. The number of hydrogen-bond acceptors (Lipinski definition) is 4. The Morgan fingerprint density at radius 2 is 1.51 bits per heavy atom. The van der Waals surface area contributed by atoms with Gasteiger partial charge in [0.25, 0.3) is 10.0 Å². The molecule has 0 aliphatic rings. The van der Waals surface area contributed by atoms with Crippen LogP contribution >= 0.6 is 11.6 Å². The van der Waals surface area contributed by atoms with Gasteiger partial charge < -0.3 is 10.2 Å². The quantitative estimate of drug-likeness (QED) is 0.307. The van der Waals surface area contributed by atoms with Gasteiger partial charge in [0.2, 0.25) is 11.8 Å². The lowest BCUT2D eigenvalue weighted by molar-refractivity contribution is -0.140. The first-order valence-electron chi connectivity index (χ1n) is 13.1. The molecule has 3 aromatic carbocycles. The Balaban J connectivity index is 2.05. The van der Waals surface area contributed by atoms with Crippen LogP contribution in [0.2, 0.25) is 5.02 Å². The van der Waals surface area contributed by atoms with Crippen LogP contribution in [0.1, 0.15) is 51.2 Å². The number of amides is 2. The summed E-state index contributed by atoms with van der Waals surface area (Å²) >= 11 is 6.05. The summed E-state index contributed by atoms with van der Waals surface area (Å²) in [5.74, 6) is -0.520. The fraction of sp³-hybridized carbons (Fsp3) is 0.333. The average molecular weight is 570 g/mol. The second kappa shape index (κ2) is 13.6. The maximum atomic E-state index is 14.0. The highest BCUT2D eigenvalue weighted by Gasteiger charge is 2.33. The van der Waals surface area contributed by atoms with Crippen molar-refractivity contribution >= 4 is 39.1 Å². The minimum absolute atomic E-state index is 0.0748. The summed E-state index contributed by atoms with van der Waals surface area (Å²) in [6.07, 6.45) is 0.361. The van der Waals surface area contributed by atoms with Crippen LogP contribution in [0, 0.1) is 0 Å². The van der Waals surface area contributed by atoms with E-state index in [1.54, 1.807) is 54.6 Å². The van der Waals surface area contributed by atoms with Crippen LogP contribution in [-0.2, 0) is 26.2 Å². The number of hydrogen-bond donors (Lipinski definition) is 1. The number of sulfonamides is 1. The highest BCUT2D eigenvalue weighted by atomic mass is 35.5. The van der Waals surface area contributed by atoms with Crippen molar-refractivity contribution < 1.29 is 18.0 Å². The van der Waals surface area contributed by atoms with Gasteiger partial charge in [-0.25, -0.2) is 8.42 Å². The maximum absolute atomic E-state index is 14.0. The molecule has 0 saturated carbocycles. The van der Waals surface area contributed by atoms with Crippen LogP contribution in [0.5, 0.6) is 0 Å². The summed E-state index contributed by atoms with van der Waals surface area (Å²) in [7, 11) is -4.09. The third-order valence-electron chi connectivity index (χ3n) is 6.46. The van der Waals surface area contributed by atoms with Crippen molar-refractivity contribution in [3.05, 3.63) is 95.0 Å². The van der Waals surface area contributed by atoms with Crippen LogP contribution in [0.15, 0.2) is 83.8 Å². The Kier molecular flexibility index (Phi) is 10.5. The molecule has 7 nitrogen and oxygen atoms in total. The van der Waals surface area contributed by atoms with Gasteiger partial charge in [0.05, 0.1) is 10.6 Å². The number of carbonyl (C=O) groups is 2. The maximum Gasteiger partial charge on any atom is 0.264 e. The summed E-state index contributed by atoms with van der Waals surface area (Å²) < 4.78 is 28.8. The normalized spacial score (nSPS) is 12.2. The molecule has 0 heterocycles. The Bertz CT molecular complexity index is 1350. The van der Waals surface area contributed by atoms with Gasteiger partial charge in [0.1, 0.15) is 12.6 Å². The van der Waals surface area contributed by atoms with Gasteiger partial charge >= 0.3 is 0 Å². The predicted octanol–water partition coefficient (Wildman–Crippen LogP) is 5.60. The van der Waals surface area contributed by atoms with E-state index < -0.39 is 28.5 Å². The van der Waals surface area contributed by atoms with Gasteiger partial charge in [-0.2, -0.15) is 0 Å². The zero-order valence-corrected chi connectivity index (χ0v) is 24.4. The van der Waals surface area contributed by atoms with Gasteiger partial charge in [-0.15, -0.1) is 0 Å². The summed E-state index contributed by atoms with van der Waals surface area (Å²) in [6.45, 7) is 7.81. The third-order valence-corrected chi connectivity index (χ3v) is 8.50. The lowest BCUT2D eigenvalue weighted by Gasteiger charge is -2.33. The molecule has 0 saturated heterocycles.